The first-order valence-corrected chi connectivity index (χ1v) is 7.42. The van der Waals surface area contributed by atoms with Gasteiger partial charge in [0.25, 0.3) is 5.91 Å². The number of rotatable bonds is 7. The van der Waals surface area contributed by atoms with Gasteiger partial charge in [0.2, 0.25) is 5.91 Å². The molecule has 2 aromatic rings. The second kappa shape index (κ2) is 7.60. The number of aromatic amines is 1. The quantitative estimate of drug-likeness (QED) is 0.603. The van der Waals surface area contributed by atoms with Crippen LogP contribution in [-0.2, 0) is 17.6 Å². The number of benzene rings is 1. The SMILES string of the molecule is Cc1c[nH]c(CC(N)=O)c1C(=O)NC(CO)Cc1ccccc1. The summed E-state index contributed by atoms with van der Waals surface area (Å²) in [5.41, 5.74) is 7.86. The number of carbonyl (C=O) groups excluding carboxylic acids is 2. The average molecular weight is 315 g/mol. The van der Waals surface area contributed by atoms with Crippen LogP contribution in [0.3, 0.4) is 0 Å². The van der Waals surface area contributed by atoms with Crippen molar-refractivity contribution in [3.63, 3.8) is 0 Å². The van der Waals surface area contributed by atoms with Gasteiger partial charge in [0.05, 0.1) is 24.6 Å². The van der Waals surface area contributed by atoms with Gasteiger partial charge in [-0.2, -0.15) is 0 Å². The Hall–Kier alpha value is -2.60. The van der Waals surface area contributed by atoms with E-state index >= 15 is 0 Å². The standard InChI is InChI=1S/C17H21N3O3/c1-11-9-19-14(8-15(18)22)16(11)17(23)20-13(10-21)7-12-5-3-2-4-6-12/h2-6,9,13,19,21H,7-8,10H2,1H3,(H2,18,22)(H,20,23). The first kappa shape index (κ1) is 16.8. The molecular formula is C17H21N3O3. The van der Waals surface area contributed by atoms with Crippen molar-refractivity contribution in [1.29, 1.82) is 0 Å². The van der Waals surface area contributed by atoms with Crippen LogP contribution in [0.15, 0.2) is 36.5 Å². The molecule has 0 aliphatic heterocycles. The monoisotopic (exact) mass is 315 g/mol. The van der Waals surface area contributed by atoms with Crippen molar-refractivity contribution in [2.75, 3.05) is 6.61 Å². The van der Waals surface area contributed by atoms with Gasteiger partial charge in [-0.15, -0.1) is 0 Å². The number of hydrogen-bond acceptors (Lipinski definition) is 3. The third-order valence-corrected chi connectivity index (χ3v) is 3.62. The van der Waals surface area contributed by atoms with Gasteiger partial charge in [0.15, 0.2) is 0 Å². The molecular weight excluding hydrogens is 294 g/mol. The van der Waals surface area contributed by atoms with Crippen LogP contribution in [-0.4, -0.2) is 34.6 Å². The van der Waals surface area contributed by atoms with Gasteiger partial charge in [-0.25, -0.2) is 0 Å². The van der Waals surface area contributed by atoms with Crippen LogP contribution >= 0.6 is 0 Å². The second-order valence-corrected chi connectivity index (χ2v) is 5.51. The highest BCUT2D eigenvalue weighted by Gasteiger charge is 2.20. The number of primary amides is 1. The first-order chi connectivity index (χ1) is 11.0. The van der Waals surface area contributed by atoms with Crippen molar-refractivity contribution in [2.45, 2.75) is 25.8 Å². The highest BCUT2D eigenvalue weighted by molar-refractivity contribution is 5.98. The molecule has 122 valence electrons. The predicted molar refractivity (Wildman–Crippen MR) is 86.9 cm³/mol. The van der Waals surface area contributed by atoms with Crippen molar-refractivity contribution in [3.05, 3.63) is 58.9 Å². The summed E-state index contributed by atoms with van der Waals surface area (Å²) in [5, 5.41) is 12.3. The Kier molecular flexibility index (Phi) is 5.54. The zero-order valence-electron chi connectivity index (χ0n) is 13.0. The van der Waals surface area contributed by atoms with Crippen LogP contribution < -0.4 is 11.1 Å². The van der Waals surface area contributed by atoms with Gasteiger partial charge in [-0.1, -0.05) is 30.3 Å². The fourth-order valence-corrected chi connectivity index (χ4v) is 2.52. The highest BCUT2D eigenvalue weighted by atomic mass is 16.3. The fraction of sp³-hybridized carbons (Fsp3) is 0.294. The minimum absolute atomic E-state index is 0.0287. The predicted octanol–water partition coefficient (Wildman–Crippen LogP) is 0.684. The van der Waals surface area contributed by atoms with Gasteiger partial charge in [-0.3, -0.25) is 9.59 Å². The second-order valence-electron chi connectivity index (χ2n) is 5.51. The lowest BCUT2D eigenvalue weighted by Gasteiger charge is -2.17. The maximum atomic E-state index is 12.5. The molecule has 0 radical (unpaired) electrons. The number of aromatic nitrogens is 1. The van der Waals surface area contributed by atoms with E-state index in [1.54, 1.807) is 13.1 Å². The van der Waals surface area contributed by atoms with Crippen LogP contribution in [0.2, 0.25) is 0 Å². The molecule has 0 aliphatic carbocycles. The Balaban J connectivity index is 2.11. The van der Waals surface area contributed by atoms with Crippen LogP contribution in [0.5, 0.6) is 0 Å². The topological polar surface area (TPSA) is 108 Å². The number of H-pyrrole nitrogens is 1. The zero-order chi connectivity index (χ0) is 16.8. The molecule has 0 saturated carbocycles. The van der Waals surface area contributed by atoms with Gasteiger partial charge >= 0.3 is 0 Å². The average Bonchev–Trinajstić information content (AvgIpc) is 2.87. The van der Waals surface area contributed by atoms with E-state index < -0.39 is 11.9 Å². The molecule has 1 atom stereocenters. The van der Waals surface area contributed by atoms with Crippen molar-refractivity contribution in [3.8, 4) is 0 Å². The smallest absolute Gasteiger partial charge is 0.253 e. The molecule has 0 saturated heterocycles. The molecule has 23 heavy (non-hydrogen) atoms. The minimum Gasteiger partial charge on any atom is -0.394 e. The molecule has 0 bridgehead atoms. The Labute approximate surface area is 134 Å². The minimum atomic E-state index is -0.510. The molecule has 1 heterocycles. The Morgan fingerprint density at radius 1 is 1.30 bits per heavy atom. The molecule has 5 N–H and O–H groups in total. The number of aliphatic hydroxyl groups excluding tert-OH is 1. The van der Waals surface area contributed by atoms with Crippen molar-refractivity contribution >= 4 is 11.8 Å². The maximum Gasteiger partial charge on any atom is 0.253 e. The Bertz CT molecular complexity index is 680. The van der Waals surface area contributed by atoms with Gasteiger partial charge in [0, 0.05) is 11.9 Å². The number of hydrogen-bond donors (Lipinski definition) is 4. The maximum absolute atomic E-state index is 12.5. The lowest BCUT2D eigenvalue weighted by atomic mass is 10.0. The summed E-state index contributed by atoms with van der Waals surface area (Å²) in [6.07, 6.45) is 2.16. The van der Waals surface area contributed by atoms with E-state index in [4.69, 9.17) is 5.73 Å². The van der Waals surface area contributed by atoms with Gasteiger partial charge in [-0.05, 0) is 24.5 Å². The highest BCUT2D eigenvalue weighted by Crippen LogP contribution is 2.14. The van der Waals surface area contributed by atoms with E-state index in [0.29, 0.717) is 17.7 Å². The summed E-state index contributed by atoms with van der Waals surface area (Å²) in [6.45, 7) is 1.61. The third kappa shape index (κ3) is 4.43. The van der Waals surface area contributed by atoms with Crippen LogP contribution in [0.1, 0.15) is 27.2 Å². The van der Waals surface area contributed by atoms with Gasteiger partial charge in [0.1, 0.15) is 0 Å². The Morgan fingerprint density at radius 3 is 2.61 bits per heavy atom. The van der Waals surface area contributed by atoms with E-state index in [1.165, 1.54) is 0 Å². The number of nitrogens with two attached hydrogens (primary N) is 1. The van der Waals surface area contributed by atoms with Crippen LogP contribution in [0.25, 0.3) is 0 Å². The van der Waals surface area contributed by atoms with Crippen LogP contribution in [0.4, 0.5) is 0 Å². The molecule has 2 rings (SSSR count). The van der Waals surface area contributed by atoms with E-state index in [2.05, 4.69) is 10.3 Å². The van der Waals surface area contributed by atoms with Crippen molar-refractivity contribution in [1.82, 2.24) is 10.3 Å². The Morgan fingerprint density at radius 2 is 2.00 bits per heavy atom. The number of aryl methyl sites for hydroxylation is 1. The van der Waals surface area contributed by atoms with E-state index in [9.17, 15) is 14.7 Å². The summed E-state index contributed by atoms with van der Waals surface area (Å²) < 4.78 is 0. The molecule has 0 fully saturated rings. The van der Waals surface area contributed by atoms with Crippen LogP contribution in [0, 0.1) is 6.92 Å². The molecule has 2 amide bonds. The van der Waals surface area contributed by atoms with E-state index in [-0.39, 0.29) is 18.9 Å². The molecule has 1 aromatic heterocycles. The summed E-state index contributed by atoms with van der Waals surface area (Å²) in [6, 6.07) is 9.21. The molecule has 1 aromatic carbocycles. The summed E-state index contributed by atoms with van der Waals surface area (Å²) >= 11 is 0. The molecule has 1 unspecified atom stereocenters. The fourth-order valence-electron chi connectivity index (χ4n) is 2.52. The van der Waals surface area contributed by atoms with Crippen molar-refractivity contribution < 1.29 is 14.7 Å². The summed E-state index contributed by atoms with van der Waals surface area (Å²) in [7, 11) is 0. The summed E-state index contributed by atoms with van der Waals surface area (Å²) in [5.74, 6) is -0.834. The molecule has 6 heteroatoms. The molecule has 6 nitrogen and oxygen atoms in total. The molecule has 0 aliphatic rings. The van der Waals surface area contributed by atoms with E-state index in [0.717, 1.165) is 11.1 Å². The lowest BCUT2D eigenvalue weighted by Crippen LogP contribution is -2.39. The zero-order valence-corrected chi connectivity index (χ0v) is 13.0. The third-order valence-electron chi connectivity index (χ3n) is 3.62. The normalized spacial score (nSPS) is 11.9. The number of amides is 2. The number of aliphatic hydroxyl groups is 1. The van der Waals surface area contributed by atoms with Gasteiger partial charge < -0.3 is 21.1 Å². The van der Waals surface area contributed by atoms with E-state index in [1.807, 2.05) is 30.3 Å². The van der Waals surface area contributed by atoms with Crippen molar-refractivity contribution in [2.24, 2.45) is 5.73 Å². The number of carbonyl (C=O) groups is 2. The lowest BCUT2D eigenvalue weighted by molar-refractivity contribution is -0.117. The summed E-state index contributed by atoms with van der Waals surface area (Å²) in [4.78, 5) is 26.5. The molecule has 0 spiro atoms. The largest absolute Gasteiger partial charge is 0.394 e. The first-order valence-electron chi connectivity index (χ1n) is 7.42. The number of nitrogens with one attached hydrogen (secondary N) is 2.